The third-order valence-electron chi connectivity index (χ3n) is 4.36. The lowest BCUT2D eigenvalue weighted by atomic mass is 9.86. The molecule has 3 aromatic rings. The first-order valence-electron chi connectivity index (χ1n) is 8.04. The third-order valence-corrected chi connectivity index (χ3v) is 4.36. The van der Waals surface area contributed by atoms with Gasteiger partial charge in [0.1, 0.15) is 0 Å². The molecule has 24 heavy (non-hydrogen) atoms. The summed E-state index contributed by atoms with van der Waals surface area (Å²) in [4.78, 5) is 16.6. The van der Waals surface area contributed by atoms with Crippen LogP contribution in [0.2, 0.25) is 0 Å². The number of nitrogens with one attached hydrogen (secondary N) is 2. The number of anilines is 1. The lowest BCUT2D eigenvalue weighted by Gasteiger charge is -2.20. The average molecular weight is 322 g/mol. The van der Waals surface area contributed by atoms with Crippen LogP contribution < -0.4 is 5.32 Å². The smallest absolute Gasteiger partial charge is 0.232 e. The Hall–Kier alpha value is -2.96. The van der Waals surface area contributed by atoms with Crippen molar-refractivity contribution in [2.24, 2.45) is 0 Å². The number of nitrogens with zero attached hydrogens (tertiary/aromatic N) is 4. The number of carbonyl (C=O) groups excluding carboxylic acids is 1. The van der Waals surface area contributed by atoms with Crippen molar-refractivity contribution in [1.29, 1.82) is 0 Å². The molecule has 4 rings (SSSR count). The molecule has 2 N–H and O–H groups in total. The van der Waals surface area contributed by atoms with Gasteiger partial charge >= 0.3 is 0 Å². The molecule has 0 spiro atoms. The molecule has 122 valence electrons. The van der Waals surface area contributed by atoms with Crippen LogP contribution >= 0.6 is 0 Å². The van der Waals surface area contributed by atoms with Gasteiger partial charge in [-0.15, -0.1) is 0 Å². The maximum Gasteiger partial charge on any atom is 0.232 e. The van der Waals surface area contributed by atoms with Crippen molar-refractivity contribution in [3.63, 3.8) is 0 Å². The van der Waals surface area contributed by atoms with Crippen LogP contribution in [0.25, 0.3) is 0 Å². The fourth-order valence-electron chi connectivity index (χ4n) is 3.15. The minimum atomic E-state index is -0.143. The van der Waals surface area contributed by atoms with E-state index in [0.29, 0.717) is 12.2 Å². The van der Waals surface area contributed by atoms with Gasteiger partial charge in [0.05, 0.1) is 30.5 Å². The van der Waals surface area contributed by atoms with E-state index < -0.39 is 0 Å². The highest BCUT2D eigenvalue weighted by atomic mass is 16.1. The molecule has 1 atom stereocenters. The molecule has 1 aliphatic carbocycles. The molecule has 0 bridgehead atoms. The van der Waals surface area contributed by atoms with Crippen molar-refractivity contribution >= 4 is 11.6 Å². The van der Waals surface area contributed by atoms with Gasteiger partial charge in [0, 0.05) is 29.8 Å². The van der Waals surface area contributed by atoms with E-state index in [2.05, 4.69) is 25.6 Å². The van der Waals surface area contributed by atoms with E-state index in [1.54, 1.807) is 29.5 Å². The molecule has 7 nitrogen and oxygen atoms in total. The fourth-order valence-corrected chi connectivity index (χ4v) is 3.15. The Morgan fingerprint density at radius 2 is 2.21 bits per heavy atom. The van der Waals surface area contributed by atoms with E-state index in [0.717, 1.165) is 36.1 Å². The van der Waals surface area contributed by atoms with Crippen LogP contribution in [0.3, 0.4) is 0 Å². The van der Waals surface area contributed by atoms with E-state index in [-0.39, 0.29) is 11.8 Å². The van der Waals surface area contributed by atoms with Gasteiger partial charge < -0.3 is 5.32 Å². The van der Waals surface area contributed by atoms with Gasteiger partial charge in [0.2, 0.25) is 5.91 Å². The molecule has 1 amide bonds. The number of hydrogen-bond donors (Lipinski definition) is 2. The summed E-state index contributed by atoms with van der Waals surface area (Å²) in [5.74, 6) is -0.142. The van der Waals surface area contributed by atoms with Crippen molar-refractivity contribution in [3.05, 3.63) is 59.9 Å². The number of amides is 1. The second-order valence-electron chi connectivity index (χ2n) is 6.02. The summed E-state index contributed by atoms with van der Waals surface area (Å²) >= 11 is 0. The van der Waals surface area contributed by atoms with E-state index in [1.807, 2.05) is 18.3 Å². The summed E-state index contributed by atoms with van der Waals surface area (Å²) in [5, 5.41) is 14.3. The van der Waals surface area contributed by atoms with Gasteiger partial charge in [-0.3, -0.25) is 19.6 Å². The molecule has 3 heterocycles. The molecule has 0 saturated carbocycles. The van der Waals surface area contributed by atoms with Gasteiger partial charge in [-0.05, 0) is 37.0 Å². The summed E-state index contributed by atoms with van der Waals surface area (Å²) < 4.78 is 1.80. The molecule has 0 radical (unpaired) electrons. The minimum absolute atomic E-state index is 0.000751. The monoisotopic (exact) mass is 322 g/mol. The third kappa shape index (κ3) is 2.92. The van der Waals surface area contributed by atoms with E-state index in [4.69, 9.17) is 0 Å². The number of fused-ring (bicyclic) bond motifs is 1. The SMILES string of the molecule is O=C(Nc1cnn(Cc2ccncc2)c1)C1CCCc2[nH]ncc21. The number of carbonyl (C=O) groups is 1. The summed E-state index contributed by atoms with van der Waals surface area (Å²) in [7, 11) is 0. The summed E-state index contributed by atoms with van der Waals surface area (Å²) in [6.45, 7) is 0.647. The largest absolute Gasteiger partial charge is 0.323 e. The van der Waals surface area contributed by atoms with Crippen molar-refractivity contribution in [2.75, 3.05) is 5.32 Å². The normalized spacial score (nSPS) is 16.6. The number of aromatic nitrogens is 5. The topological polar surface area (TPSA) is 88.5 Å². The lowest BCUT2D eigenvalue weighted by Crippen LogP contribution is -2.24. The van der Waals surface area contributed by atoms with Crippen molar-refractivity contribution in [3.8, 4) is 0 Å². The van der Waals surface area contributed by atoms with Crippen LogP contribution in [-0.4, -0.2) is 30.9 Å². The van der Waals surface area contributed by atoms with E-state index in [9.17, 15) is 4.79 Å². The van der Waals surface area contributed by atoms with Gasteiger partial charge in [-0.1, -0.05) is 0 Å². The molecule has 0 fully saturated rings. The number of hydrogen-bond acceptors (Lipinski definition) is 4. The number of rotatable bonds is 4. The Bertz CT molecular complexity index is 838. The molecule has 1 unspecified atom stereocenters. The Labute approximate surface area is 139 Å². The van der Waals surface area contributed by atoms with Crippen LogP contribution in [0, 0.1) is 0 Å². The molecule has 3 aromatic heterocycles. The standard InChI is InChI=1S/C17H18N6O/c24-17(14-2-1-3-16-15(14)9-19-22-16)21-13-8-20-23(11-13)10-12-4-6-18-7-5-12/h4-9,11,14H,1-3,10H2,(H,19,22)(H,21,24). The molecule has 0 saturated heterocycles. The second kappa shape index (κ2) is 6.27. The molecule has 7 heteroatoms. The first kappa shape index (κ1) is 14.6. The summed E-state index contributed by atoms with van der Waals surface area (Å²) in [6.07, 6.45) is 11.6. The van der Waals surface area contributed by atoms with Crippen LogP contribution in [0.15, 0.2) is 43.1 Å². The maximum atomic E-state index is 12.6. The Morgan fingerprint density at radius 1 is 1.33 bits per heavy atom. The van der Waals surface area contributed by atoms with Crippen molar-refractivity contribution in [2.45, 2.75) is 31.7 Å². The van der Waals surface area contributed by atoms with Crippen LogP contribution in [0.1, 0.15) is 35.6 Å². The molecule has 0 aromatic carbocycles. The van der Waals surface area contributed by atoms with Crippen molar-refractivity contribution in [1.82, 2.24) is 25.0 Å². The Balaban J connectivity index is 1.44. The van der Waals surface area contributed by atoms with E-state index in [1.165, 1.54) is 0 Å². The zero-order chi connectivity index (χ0) is 16.4. The van der Waals surface area contributed by atoms with Gasteiger partial charge in [-0.25, -0.2) is 0 Å². The average Bonchev–Trinajstić information content (AvgIpc) is 3.24. The highest BCUT2D eigenvalue weighted by Gasteiger charge is 2.28. The molecular weight excluding hydrogens is 304 g/mol. The Kier molecular flexibility index (Phi) is 3.82. The second-order valence-corrected chi connectivity index (χ2v) is 6.02. The predicted molar refractivity (Wildman–Crippen MR) is 88.5 cm³/mol. The number of aromatic amines is 1. The predicted octanol–water partition coefficient (Wildman–Crippen LogP) is 2.11. The fraction of sp³-hybridized carbons (Fsp3) is 0.294. The number of H-pyrrole nitrogens is 1. The van der Waals surface area contributed by atoms with E-state index >= 15 is 0 Å². The van der Waals surface area contributed by atoms with Crippen molar-refractivity contribution < 1.29 is 4.79 Å². The molecular formula is C17H18N6O. The highest BCUT2D eigenvalue weighted by Crippen LogP contribution is 2.31. The quantitative estimate of drug-likeness (QED) is 0.770. The van der Waals surface area contributed by atoms with Gasteiger partial charge in [0.25, 0.3) is 0 Å². The molecule has 0 aliphatic heterocycles. The van der Waals surface area contributed by atoms with Gasteiger partial charge in [-0.2, -0.15) is 10.2 Å². The number of pyridine rings is 1. The van der Waals surface area contributed by atoms with Gasteiger partial charge in [0.15, 0.2) is 0 Å². The highest BCUT2D eigenvalue weighted by molar-refractivity contribution is 5.95. The lowest BCUT2D eigenvalue weighted by molar-refractivity contribution is -0.117. The maximum absolute atomic E-state index is 12.6. The minimum Gasteiger partial charge on any atom is -0.323 e. The first-order chi connectivity index (χ1) is 11.8. The number of aryl methyl sites for hydroxylation is 1. The van der Waals surface area contributed by atoms with Crippen LogP contribution in [-0.2, 0) is 17.8 Å². The first-order valence-corrected chi connectivity index (χ1v) is 8.04. The zero-order valence-electron chi connectivity index (χ0n) is 13.1. The molecule has 1 aliphatic rings. The van der Waals surface area contributed by atoms with Crippen LogP contribution in [0.4, 0.5) is 5.69 Å². The summed E-state index contributed by atoms with van der Waals surface area (Å²) in [6, 6.07) is 3.89. The summed E-state index contributed by atoms with van der Waals surface area (Å²) in [5.41, 5.74) is 3.92. The Morgan fingerprint density at radius 3 is 3.08 bits per heavy atom. The zero-order valence-corrected chi connectivity index (χ0v) is 13.1. The van der Waals surface area contributed by atoms with Crippen LogP contribution in [0.5, 0.6) is 0 Å².